The van der Waals surface area contributed by atoms with Crippen LogP contribution >= 0.6 is 0 Å². The molecule has 1 N–H and O–H groups in total. The Labute approximate surface area is 183 Å². The summed E-state index contributed by atoms with van der Waals surface area (Å²) in [7, 11) is 0. The van der Waals surface area contributed by atoms with E-state index in [0.29, 0.717) is 0 Å². The lowest BCUT2D eigenvalue weighted by atomic mass is 9.98. The number of carbonyl (C=O) groups is 2. The Morgan fingerprint density at radius 3 is 2.16 bits per heavy atom. The van der Waals surface area contributed by atoms with Gasteiger partial charge in [0.2, 0.25) is 0 Å². The number of ether oxygens (including phenoxy) is 3. The summed E-state index contributed by atoms with van der Waals surface area (Å²) in [5, 5.41) is 2.58. The largest absolute Gasteiger partial charge is 0.460 e. The fourth-order valence-electron chi connectivity index (χ4n) is 3.53. The first kappa shape index (κ1) is 22.6. The topological polar surface area (TPSA) is 73.9 Å². The van der Waals surface area contributed by atoms with Crippen LogP contribution in [0.15, 0.2) is 61.2 Å². The van der Waals surface area contributed by atoms with E-state index in [0.717, 1.165) is 22.3 Å². The van der Waals surface area contributed by atoms with Crippen molar-refractivity contribution in [3.63, 3.8) is 0 Å². The number of carbonyl (C=O) groups excluding carboxylic acids is 2. The van der Waals surface area contributed by atoms with Crippen LogP contribution in [0.4, 0.5) is 4.79 Å². The molecule has 0 saturated carbocycles. The number of amides is 1. The number of hydrogen-bond acceptors (Lipinski definition) is 5. The second kappa shape index (κ2) is 9.79. The number of fused-ring (bicyclic) bond motifs is 3. The van der Waals surface area contributed by atoms with Gasteiger partial charge in [-0.15, -0.1) is 0 Å². The van der Waals surface area contributed by atoms with Crippen LogP contribution in [0.3, 0.4) is 0 Å². The predicted molar refractivity (Wildman–Crippen MR) is 119 cm³/mol. The van der Waals surface area contributed by atoms with Crippen molar-refractivity contribution >= 4 is 12.1 Å². The van der Waals surface area contributed by atoms with Crippen LogP contribution < -0.4 is 5.32 Å². The Hall–Kier alpha value is -3.12. The van der Waals surface area contributed by atoms with Crippen LogP contribution in [-0.4, -0.2) is 43.5 Å². The summed E-state index contributed by atoms with van der Waals surface area (Å²) in [4.78, 5) is 24.8. The van der Waals surface area contributed by atoms with Crippen molar-refractivity contribution in [2.24, 2.45) is 0 Å². The highest BCUT2D eigenvalue weighted by molar-refractivity contribution is 5.82. The fraction of sp³-hybridized carbons (Fsp3) is 0.360. The first-order valence-electron chi connectivity index (χ1n) is 10.3. The molecule has 164 valence electrons. The van der Waals surface area contributed by atoms with Crippen molar-refractivity contribution < 1.29 is 23.8 Å². The van der Waals surface area contributed by atoms with E-state index in [4.69, 9.17) is 14.2 Å². The quantitative estimate of drug-likeness (QED) is 0.502. The normalized spacial score (nSPS) is 13.6. The van der Waals surface area contributed by atoms with Crippen molar-refractivity contribution in [2.75, 3.05) is 19.8 Å². The lowest BCUT2D eigenvalue weighted by Crippen LogP contribution is -2.46. The van der Waals surface area contributed by atoms with Gasteiger partial charge in [0.15, 0.2) is 6.04 Å². The zero-order valence-corrected chi connectivity index (χ0v) is 18.2. The maximum Gasteiger partial charge on any atom is 0.407 e. The number of benzene rings is 2. The molecule has 0 bridgehead atoms. The summed E-state index contributed by atoms with van der Waals surface area (Å²) < 4.78 is 16.3. The fourth-order valence-corrected chi connectivity index (χ4v) is 3.53. The van der Waals surface area contributed by atoms with Crippen molar-refractivity contribution in [1.29, 1.82) is 0 Å². The molecular formula is C25H29NO5. The Bertz CT molecular complexity index is 901. The summed E-state index contributed by atoms with van der Waals surface area (Å²) in [6, 6.07) is 15.2. The molecule has 6 heteroatoms. The number of nitrogens with one attached hydrogen (secondary N) is 1. The monoisotopic (exact) mass is 423 g/mol. The maximum absolute atomic E-state index is 12.5. The molecule has 1 aliphatic carbocycles. The van der Waals surface area contributed by atoms with Gasteiger partial charge < -0.3 is 19.5 Å². The minimum absolute atomic E-state index is 0.0241. The molecule has 1 atom stereocenters. The first-order valence-corrected chi connectivity index (χ1v) is 10.3. The number of alkyl carbamates (subject to hydrolysis) is 1. The molecule has 2 aromatic rings. The third kappa shape index (κ3) is 5.73. The SMILES string of the molecule is C=CCOC(=O)[C@H](COC(C)(C)C)NC(=O)OCC1c2ccccc2-c2ccccc21. The molecular weight excluding hydrogens is 394 g/mol. The van der Waals surface area contributed by atoms with Gasteiger partial charge in [0.25, 0.3) is 0 Å². The second-order valence-corrected chi connectivity index (χ2v) is 8.36. The third-order valence-corrected chi connectivity index (χ3v) is 4.95. The van der Waals surface area contributed by atoms with Gasteiger partial charge in [0, 0.05) is 5.92 Å². The summed E-state index contributed by atoms with van der Waals surface area (Å²) in [5.74, 6) is -0.659. The third-order valence-electron chi connectivity index (χ3n) is 4.95. The lowest BCUT2D eigenvalue weighted by Gasteiger charge is -2.24. The molecule has 0 radical (unpaired) electrons. The minimum Gasteiger partial charge on any atom is -0.460 e. The molecule has 31 heavy (non-hydrogen) atoms. The van der Waals surface area contributed by atoms with Gasteiger partial charge in [0.1, 0.15) is 13.2 Å². The first-order chi connectivity index (χ1) is 14.8. The Balaban J connectivity index is 1.66. The summed E-state index contributed by atoms with van der Waals surface area (Å²) in [6.07, 6.45) is 0.771. The molecule has 0 unspecified atom stereocenters. The van der Waals surface area contributed by atoms with E-state index >= 15 is 0 Å². The smallest absolute Gasteiger partial charge is 0.407 e. The van der Waals surface area contributed by atoms with Gasteiger partial charge in [-0.2, -0.15) is 0 Å². The number of esters is 1. The van der Waals surface area contributed by atoms with Crippen molar-refractivity contribution in [3.8, 4) is 11.1 Å². The van der Waals surface area contributed by atoms with Crippen LogP contribution in [-0.2, 0) is 19.0 Å². The molecule has 1 aliphatic rings. The average Bonchev–Trinajstić information content (AvgIpc) is 3.06. The summed E-state index contributed by atoms with van der Waals surface area (Å²) >= 11 is 0. The second-order valence-electron chi connectivity index (χ2n) is 8.36. The van der Waals surface area contributed by atoms with Gasteiger partial charge in [0.05, 0.1) is 12.2 Å². The van der Waals surface area contributed by atoms with Crippen molar-refractivity contribution in [1.82, 2.24) is 5.32 Å². The van der Waals surface area contributed by atoms with E-state index < -0.39 is 23.7 Å². The van der Waals surface area contributed by atoms with Gasteiger partial charge >= 0.3 is 12.1 Å². The number of hydrogen-bond donors (Lipinski definition) is 1. The van der Waals surface area contributed by atoms with Crippen molar-refractivity contribution in [2.45, 2.75) is 38.3 Å². The highest BCUT2D eigenvalue weighted by atomic mass is 16.6. The average molecular weight is 424 g/mol. The van der Waals surface area contributed by atoms with E-state index in [9.17, 15) is 9.59 Å². The maximum atomic E-state index is 12.5. The van der Waals surface area contributed by atoms with Crippen LogP contribution in [0.2, 0.25) is 0 Å². The van der Waals surface area contributed by atoms with E-state index in [2.05, 4.69) is 24.0 Å². The molecule has 0 aromatic heterocycles. The standard InChI is InChI=1S/C25H29NO5/c1-5-14-29-23(27)22(16-31-25(2,3)4)26-24(28)30-15-21-19-12-8-6-10-17(19)18-11-7-9-13-20(18)21/h5-13,21-22H,1,14-16H2,2-4H3,(H,26,28)/t22-/m0/s1. The molecule has 0 spiro atoms. The van der Waals surface area contributed by atoms with E-state index in [1.165, 1.54) is 6.08 Å². The summed E-state index contributed by atoms with van der Waals surface area (Å²) in [6.45, 7) is 9.32. The van der Waals surface area contributed by atoms with Crippen LogP contribution in [0.5, 0.6) is 0 Å². The van der Waals surface area contributed by atoms with Gasteiger partial charge in [-0.1, -0.05) is 61.2 Å². The predicted octanol–water partition coefficient (Wildman–Crippen LogP) is 4.44. The zero-order valence-electron chi connectivity index (χ0n) is 18.2. The van der Waals surface area contributed by atoms with E-state index in [1.807, 2.05) is 57.2 Å². The lowest BCUT2D eigenvalue weighted by molar-refractivity contribution is -0.148. The van der Waals surface area contributed by atoms with Crippen LogP contribution in [0, 0.1) is 0 Å². The van der Waals surface area contributed by atoms with E-state index in [-0.39, 0.29) is 25.7 Å². The van der Waals surface area contributed by atoms with Gasteiger partial charge in [-0.3, -0.25) is 0 Å². The molecule has 3 rings (SSSR count). The molecule has 1 amide bonds. The number of rotatable bonds is 8. The Morgan fingerprint density at radius 1 is 1.03 bits per heavy atom. The highest BCUT2D eigenvalue weighted by Gasteiger charge is 2.30. The van der Waals surface area contributed by atoms with Gasteiger partial charge in [-0.05, 0) is 43.0 Å². The van der Waals surface area contributed by atoms with Crippen molar-refractivity contribution in [3.05, 3.63) is 72.3 Å². The highest BCUT2D eigenvalue weighted by Crippen LogP contribution is 2.44. The van der Waals surface area contributed by atoms with Crippen LogP contribution in [0.25, 0.3) is 11.1 Å². The van der Waals surface area contributed by atoms with Crippen LogP contribution in [0.1, 0.15) is 37.8 Å². The molecule has 0 saturated heterocycles. The molecule has 6 nitrogen and oxygen atoms in total. The molecule has 0 heterocycles. The summed E-state index contributed by atoms with van der Waals surface area (Å²) in [5.41, 5.74) is 4.07. The minimum atomic E-state index is -0.977. The molecule has 0 aliphatic heterocycles. The Morgan fingerprint density at radius 2 is 1.61 bits per heavy atom. The molecule has 0 fully saturated rings. The Kier molecular flexibility index (Phi) is 7.13. The van der Waals surface area contributed by atoms with Gasteiger partial charge in [-0.25, -0.2) is 9.59 Å². The zero-order chi connectivity index (χ0) is 22.4. The van der Waals surface area contributed by atoms with E-state index in [1.54, 1.807) is 0 Å². The molecule has 2 aromatic carbocycles.